The van der Waals surface area contributed by atoms with Gasteiger partial charge in [-0.25, -0.2) is 0 Å². The molecule has 0 bridgehead atoms. The maximum atomic E-state index is 6.44. The second kappa shape index (κ2) is 10.2. The first-order valence-corrected chi connectivity index (χ1v) is 16.4. The monoisotopic (exact) mass is 578 g/mol. The summed E-state index contributed by atoms with van der Waals surface area (Å²) in [5.41, 5.74) is 4.85. The van der Waals surface area contributed by atoms with Crippen molar-refractivity contribution in [1.82, 2.24) is 0 Å². The minimum atomic E-state index is -0.733. The minimum absolute atomic E-state index is 0.733. The number of ether oxygens (including phenoxy) is 1. The molecule has 1 aliphatic heterocycles. The van der Waals surface area contributed by atoms with Gasteiger partial charge in [-0.1, -0.05) is 133 Å². The standard InChI is InChI=1S/C42H27OP/c1-2-13-32(14-3-1)44-41-20-9-8-19-39(41)43-40-24-22-31(27-42(40)44)29-12-10-11-28(25-29)30-21-23-37-35-17-5-4-15-33(35)34-16-6-7-18-36(34)38(37)26-30/h1-27H. The summed E-state index contributed by atoms with van der Waals surface area (Å²) in [7, 11) is -0.733. The van der Waals surface area contributed by atoms with Gasteiger partial charge in [-0.2, -0.15) is 0 Å². The van der Waals surface area contributed by atoms with Crippen molar-refractivity contribution >= 4 is 56.2 Å². The third kappa shape index (κ3) is 4.05. The van der Waals surface area contributed by atoms with E-state index < -0.39 is 7.92 Å². The summed E-state index contributed by atoms with van der Waals surface area (Å²) in [6.45, 7) is 0. The van der Waals surface area contributed by atoms with E-state index in [2.05, 4.69) is 164 Å². The van der Waals surface area contributed by atoms with Gasteiger partial charge in [-0.05, 0) is 98.1 Å². The molecular formula is C42H27OP. The highest BCUT2D eigenvalue weighted by Gasteiger charge is 2.28. The predicted octanol–water partition coefficient (Wildman–Crippen LogP) is 10.3. The molecule has 0 saturated heterocycles. The Hall–Kier alpha value is -5.23. The Morgan fingerprint density at radius 2 is 0.841 bits per heavy atom. The zero-order valence-corrected chi connectivity index (χ0v) is 24.8. The largest absolute Gasteiger partial charge is 0.456 e. The molecule has 44 heavy (non-hydrogen) atoms. The molecule has 8 aromatic carbocycles. The fraction of sp³-hybridized carbons (Fsp3) is 0. The highest BCUT2D eigenvalue weighted by Crippen LogP contribution is 2.46. The quantitative estimate of drug-likeness (QED) is 0.150. The molecule has 0 aliphatic carbocycles. The van der Waals surface area contributed by atoms with Crippen LogP contribution >= 0.6 is 7.92 Å². The Morgan fingerprint density at radius 1 is 0.318 bits per heavy atom. The van der Waals surface area contributed by atoms with Crippen LogP contribution in [0.3, 0.4) is 0 Å². The highest BCUT2D eigenvalue weighted by molar-refractivity contribution is 7.80. The molecule has 0 radical (unpaired) electrons. The molecule has 0 N–H and O–H groups in total. The van der Waals surface area contributed by atoms with Crippen LogP contribution in [-0.4, -0.2) is 0 Å². The normalized spacial score (nSPS) is 13.9. The van der Waals surface area contributed by atoms with E-state index >= 15 is 0 Å². The van der Waals surface area contributed by atoms with Crippen LogP contribution in [0.2, 0.25) is 0 Å². The van der Waals surface area contributed by atoms with Crippen molar-refractivity contribution in [3.05, 3.63) is 164 Å². The van der Waals surface area contributed by atoms with E-state index in [1.54, 1.807) is 0 Å². The summed E-state index contributed by atoms with van der Waals surface area (Å²) in [6.07, 6.45) is 0. The molecule has 2 heteroatoms. The van der Waals surface area contributed by atoms with Gasteiger partial charge in [0.1, 0.15) is 11.5 Å². The highest BCUT2D eigenvalue weighted by atomic mass is 31.1. The number of fused-ring (bicyclic) bond motifs is 8. The Balaban J connectivity index is 1.17. The van der Waals surface area contributed by atoms with Gasteiger partial charge in [0.25, 0.3) is 0 Å². The van der Waals surface area contributed by atoms with E-state index in [9.17, 15) is 0 Å². The van der Waals surface area contributed by atoms with Gasteiger partial charge < -0.3 is 4.74 Å². The molecule has 1 nitrogen and oxygen atoms in total. The lowest BCUT2D eigenvalue weighted by Gasteiger charge is -2.29. The van der Waals surface area contributed by atoms with E-state index in [1.807, 2.05) is 0 Å². The molecule has 1 heterocycles. The molecule has 0 amide bonds. The van der Waals surface area contributed by atoms with Crippen molar-refractivity contribution in [3.63, 3.8) is 0 Å². The maximum absolute atomic E-state index is 6.44. The van der Waals surface area contributed by atoms with Crippen LogP contribution in [0.4, 0.5) is 0 Å². The van der Waals surface area contributed by atoms with Gasteiger partial charge in [0.15, 0.2) is 0 Å². The third-order valence-corrected chi connectivity index (χ3v) is 11.3. The van der Waals surface area contributed by atoms with Crippen molar-refractivity contribution in [2.75, 3.05) is 0 Å². The summed E-state index contributed by atoms with van der Waals surface area (Å²) in [6, 6.07) is 59.5. The van der Waals surface area contributed by atoms with Gasteiger partial charge in [-0.15, -0.1) is 0 Å². The molecule has 8 aromatic rings. The third-order valence-electron chi connectivity index (χ3n) is 8.81. The average molecular weight is 579 g/mol. The zero-order valence-electron chi connectivity index (χ0n) is 23.9. The van der Waals surface area contributed by atoms with Crippen molar-refractivity contribution in [2.45, 2.75) is 0 Å². The maximum Gasteiger partial charge on any atom is 0.135 e. The fourth-order valence-electron chi connectivity index (χ4n) is 6.76. The molecular weight excluding hydrogens is 551 g/mol. The van der Waals surface area contributed by atoms with Crippen LogP contribution < -0.4 is 20.7 Å². The van der Waals surface area contributed by atoms with E-state index in [-0.39, 0.29) is 0 Å². The van der Waals surface area contributed by atoms with Crippen LogP contribution in [-0.2, 0) is 0 Å². The van der Waals surface area contributed by atoms with Crippen molar-refractivity contribution in [1.29, 1.82) is 0 Å². The molecule has 0 aromatic heterocycles. The lowest BCUT2D eigenvalue weighted by molar-refractivity contribution is 0.488. The zero-order chi connectivity index (χ0) is 29.0. The molecule has 1 atom stereocenters. The number of benzene rings is 8. The van der Waals surface area contributed by atoms with E-state index in [1.165, 1.54) is 70.5 Å². The molecule has 0 fully saturated rings. The predicted molar refractivity (Wildman–Crippen MR) is 189 cm³/mol. The van der Waals surface area contributed by atoms with Crippen LogP contribution in [0.1, 0.15) is 0 Å². The first-order valence-electron chi connectivity index (χ1n) is 15.0. The number of para-hydroxylation sites is 1. The summed E-state index contributed by atoms with van der Waals surface area (Å²) < 4.78 is 6.44. The number of hydrogen-bond donors (Lipinski definition) is 0. The molecule has 206 valence electrons. The van der Waals surface area contributed by atoms with Crippen LogP contribution in [0.15, 0.2) is 164 Å². The van der Waals surface area contributed by atoms with E-state index in [0.717, 1.165) is 11.5 Å². The second-order valence-corrected chi connectivity index (χ2v) is 13.5. The average Bonchev–Trinajstić information content (AvgIpc) is 3.10. The molecule has 9 rings (SSSR count). The fourth-order valence-corrected chi connectivity index (χ4v) is 9.23. The Morgan fingerprint density at radius 3 is 1.57 bits per heavy atom. The molecule has 1 aliphatic rings. The topological polar surface area (TPSA) is 9.23 Å². The van der Waals surface area contributed by atoms with E-state index in [4.69, 9.17) is 4.74 Å². The molecule has 0 spiro atoms. The second-order valence-electron chi connectivity index (χ2n) is 11.4. The Bertz CT molecular complexity index is 2340. The summed E-state index contributed by atoms with van der Waals surface area (Å²) >= 11 is 0. The Labute approximate surface area is 257 Å². The Kier molecular flexibility index (Phi) is 5.86. The van der Waals surface area contributed by atoms with Crippen LogP contribution in [0.5, 0.6) is 11.5 Å². The van der Waals surface area contributed by atoms with Gasteiger partial charge in [0.2, 0.25) is 0 Å². The number of hydrogen-bond acceptors (Lipinski definition) is 1. The first kappa shape index (κ1) is 25.3. The van der Waals surface area contributed by atoms with Gasteiger partial charge in [0.05, 0.1) is 0 Å². The minimum Gasteiger partial charge on any atom is -0.456 e. The van der Waals surface area contributed by atoms with E-state index in [0.29, 0.717) is 0 Å². The SMILES string of the molecule is c1ccc(P2c3ccccc3Oc3ccc(-c4cccc(-c5ccc6c7ccccc7c7ccccc7c6c5)c4)cc32)cc1. The van der Waals surface area contributed by atoms with Crippen molar-refractivity contribution in [3.8, 4) is 33.8 Å². The molecule has 1 unspecified atom stereocenters. The molecule has 0 saturated carbocycles. The smallest absolute Gasteiger partial charge is 0.135 e. The summed E-state index contributed by atoms with van der Waals surface area (Å²) in [5.74, 6) is 1.91. The first-order chi connectivity index (χ1) is 21.8. The van der Waals surface area contributed by atoms with Crippen LogP contribution in [0.25, 0.3) is 54.6 Å². The van der Waals surface area contributed by atoms with Crippen molar-refractivity contribution in [2.24, 2.45) is 0 Å². The van der Waals surface area contributed by atoms with Crippen LogP contribution in [0, 0.1) is 0 Å². The van der Waals surface area contributed by atoms with Gasteiger partial charge in [0, 0.05) is 10.6 Å². The van der Waals surface area contributed by atoms with Crippen molar-refractivity contribution < 1.29 is 4.74 Å². The summed E-state index contributed by atoms with van der Waals surface area (Å²) in [5, 5.41) is 11.6. The van der Waals surface area contributed by atoms with Gasteiger partial charge in [-0.3, -0.25) is 0 Å². The number of rotatable bonds is 3. The lowest BCUT2D eigenvalue weighted by atomic mass is 9.91. The lowest BCUT2D eigenvalue weighted by Crippen LogP contribution is -2.27. The van der Waals surface area contributed by atoms with Gasteiger partial charge >= 0.3 is 0 Å². The summed E-state index contributed by atoms with van der Waals surface area (Å²) in [4.78, 5) is 0.